The van der Waals surface area contributed by atoms with Crippen molar-refractivity contribution >= 4 is 5.97 Å². The molecule has 0 fully saturated rings. The Kier molecular flexibility index (Phi) is 4.83. The molecule has 0 saturated carbocycles. The standard InChI is InChI=1S/C13H18O3/c1-3-10-5-7-12(8-6-10)16-11(4-2)9-13(14)15/h5-8,11H,3-4,9H2,1-2H3,(H,14,15). The number of aryl methyl sites for hydroxylation is 1. The first-order valence-electron chi connectivity index (χ1n) is 5.63. The molecule has 16 heavy (non-hydrogen) atoms. The highest BCUT2D eigenvalue weighted by molar-refractivity contribution is 5.67. The van der Waals surface area contributed by atoms with Crippen LogP contribution in [0.4, 0.5) is 0 Å². The SMILES string of the molecule is CCc1ccc(OC(CC)CC(=O)O)cc1. The first-order chi connectivity index (χ1) is 7.65. The van der Waals surface area contributed by atoms with Crippen LogP contribution in [-0.4, -0.2) is 17.2 Å². The minimum Gasteiger partial charge on any atom is -0.490 e. The average molecular weight is 222 g/mol. The number of ether oxygens (including phenoxy) is 1. The van der Waals surface area contributed by atoms with E-state index >= 15 is 0 Å². The molecule has 0 aliphatic carbocycles. The number of carbonyl (C=O) groups is 1. The van der Waals surface area contributed by atoms with Crippen molar-refractivity contribution in [1.29, 1.82) is 0 Å². The third-order valence-corrected chi connectivity index (χ3v) is 2.49. The monoisotopic (exact) mass is 222 g/mol. The molecule has 0 amide bonds. The smallest absolute Gasteiger partial charge is 0.307 e. The minimum atomic E-state index is -0.822. The molecule has 3 nitrogen and oxygen atoms in total. The van der Waals surface area contributed by atoms with Crippen molar-refractivity contribution in [3.63, 3.8) is 0 Å². The molecule has 3 heteroatoms. The molecule has 0 radical (unpaired) electrons. The van der Waals surface area contributed by atoms with Gasteiger partial charge in [0.15, 0.2) is 0 Å². The molecule has 1 rings (SSSR count). The summed E-state index contributed by atoms with van der Waals surface area (Å²) in [4.78, 5) is 10.6. The highest BCUT2D eigenvalue weighted by Crippen LogP contribution is 2.16. The molecule has 0 heterocycles. The zero-order chi connectivity index (χ0) is 12.0. The van der Waals surface area contributed by atoms with Crippen LogP contribution in [-0.2, 0) is 11.2 Å². The van der Waals surface area contributed by atoms with Gasteiger partial charge >= 0.3 is 5.97 Å². The number of carboxylic acid groups (broad SMARTS) is 1. The summed E-state index contributed by atoms with van der Waals surface area (Å²) < 4.78 is 5.59. The van der Waals surface area contributed by atoms with Gasteiger partial charge in [0.2, 0.25) is 0 Å². The van der Waals surface area contributed by atoms with Crippen LogP contribution in [0.15, 0.2) is 24.3 Å². The molecular formula is C13H18O3. The second kappa shape index (κ2) is 6.16. The topological polar surface area (TPSA) is 46.5 Å². The third-order valence-electron chi connectivity index (χ3n) is 2.49. The van der Waals surface area contributed by atoms with E-state index < -0.39 is 5.97 Å². The van der Waals surface area contributed by atoms with Gasteiger partial charge in [0, 0.05) is 0 Å². The van der Waals surface area contributed by atoms with Crippen LogP contribution < -0.4 is 4.74 Å². The summed E-state index contributed by atoms with van der Waals surface area (Å²) in [5, 5.41) is 8.70. The maximum Gasteiger partial charge on any atom is 0.307 e. The number of hydrogen-bond acceptors (Lipinski definition) is 2. The molecule has 1 atom stereocenters. The first kappa shape index (κ1) is 12.6. The molecule has 0 aliphatic rings. The normalized spacial score (nSPS) is 12.1. The Balaban J connectivity index is 2.59. The molecule has 0 saturated heterocycles. The zero-order valence-electron chi connectivity index (χ0n) is 9.77. The van der Waals surface area contributed by atoms with Gasteiger partial charge in [-0.05, 0) is 30.5 Å². The van der Waals surface area contributed by atoms with Crippen LogP contribution in [0, 0.1) is 0 Å². The van der Waals surface area contributed by atoms with Crippen LogP contribution in [0.2, 0.25) is 0 Å². The van der Waals surface area contributed by atoms with E-state index in [2.05, 4.69) is 6.92 Å². The summed E-state index contributed by atoms with van der Waals surface area (Å²) in [5.74, 6) is -0.0812. The van der Waals surface area contributed by atoms with Crippen LogP contribution >= 0.6 is 0 Å². The van der Waals surface area contributed by atoms with Crippen LogP contribution in [0.3, 0.4) is 0 Å². The average Bonchev–Trinajstić information content (AvgIpc) is 2.28. The molecular weight excluding hydrogens is 204 g/mol. The predicted octanol–water partition coefficient (Wildman–Crippen LogP) is 2.88. The van der Waals surface area contributed by atoms with Crippen molar-refractivity contribution in [2.45, 2.75) is 39.2 Å². The molecule has 1 aromatic carbocycles. The Morgan fingerprint density at radius 1 is 1.31 bits per heavy atom. The van der Waals surface area contributed by atoms with Crippen LogP contribution in [0.1, 0.15) is 32.3 Å². The van der Waals surface area contributed by atoms with Gasteiger partial charge in [-0.2, -0.15) is 0 Å². The van der Waals surface area contributed by atoms with E-state index in [9.17, 15) is 4.79 Å². The molecule has 1 aromatic rings. The second-order valence-corrected chi connectivity index (χ2v) is 3.74. The van der Waals surface area contributed by atoms with Crippen LogP contribution in [0.25, 0.3) is 0 Å². The van der Waals surface area contributed by atoms with Gasteiger partial charge in [-0.25, -0.2) is 0 Å². The summed E-state index contributed by atoms with van der Waals surface area (Å²) in [6.45, 7) is 4.02. The van der Waals surface area contributed by atoms with Gasteiger partial charge < -0.3 is 9.84 Å². The van der Waals surface area contributed by atoms with Gasteiger partial charge in [-0.1, -0.05) is 26.0 Å². The van der Waals surface area contributed by atoms with Gasteiger partial charge in [-0.3, -0.25) is 4.79 Å². The van der Waals surface area contributed by atoms with Crippen molar-refractivity contribution in [2.24, 2.45) is 0 Å². The highest BCUT2D eigenvalue weighted by Gasteiger charge is 2.12. The summed E-state index contributed by atoms with van der Waals surface area (Å²) in [7, 11) is 0. The Labute approximate surface area is 96.1 Å². The molecule has 0 aliphatic heterocycles. The van der Waals surface area contributed by atoms with E-state index in [4.69, 9.17) is 9.84 Å². The van der Waals surface area contributed by atoms with Gasteiger partial charge in [-0.15, -0.1) is 0 Å². The number of rotatable bonds is 6. The maximum atomic E-state index is 10.6. The Morgan fingerprint density at radius 3 is 2.38 bits per heavy atom. The highest BCUT2D eigenvalue weighted by atomic mass is 16.5. The van der Waals surface area contributed by atoms with E-state index in [1.807, 2.05) is 31.2 Å². The molecule has 0 bridgehead atoms. The summed E-state index contributed by atoms with van der Waals surface area (Å²) in [5.41, 5.74) is 1.25. The van der Waals surface area contributed by atoms with E-state index in [1.54, 1.807) is 0 Å². The lowest BCUT2D eigenvalue weighted by Crippen LogP contribution is -2.19. The maximum absolute atomic E-state index is 10.6. The van der Waals surface area contributed by atoms with E-state index in [0.29, 0.717) is 6.42 Å². The Morgan fingerprint density at radius 2 is 1.94 bits per heavy atom. The lowest BCUT2D eigenvalue weighted by molar-refractivity contribution is -0.138. The molecule has 88 valence electrons. The minimum absolute atomic E-state index is 0.0476. The second-order valence-electron chi connectivity index (χ2n) is 3.74. The van der Waals surface area contributed by atoms with Crippen molar-refractivity contribution in [3.05, 3.63) is 29.8 Å². The zero-order valence-corrected chi connectivity index (χ0v) is 9.77. The summed E-state index contributed by atoms with van der Waals surface area (Å²) in [6.07, 6.45) is 1.49. The van der Waals surface area contributed by atoms with Crippen molar-refractivity contribution in [3.8, 4) is 5.75 Å². The third kappa shape index (κ3) is 3.93. The fourth-order valence-corrected chi connectivity index (χ4v) is 1.46. The van der Waals surface area contributed by atoms with E-state index in [0.717, 1.165) is 12.2 Å². The number of carboxylic acids is 1. The fraction of sp³-hybridized carbons (Fsp3) is 0.462. The lowest BCUT2D eigenvalue weighted by Gasteiger charge is -2.15. The summed E-state index contributed by atoms with van der Waals surface area (Å²) >= 11 is 0. The number of aliphatic carboxylic acids is 1. The largest absolute Gasteiger partial charge is 0.490 e. The number of benzene rings is 1. The van der Waals surface area contributed by atoms with Gasteiger partial charge in [0.25, 0.3) is 0 Å². The fourth-order valence-electron chi connectivity index (χ4n) is 1.46. The molecule has 1 N–H and O–H groups in total. The van der Waals surface area contributed by atoms with E-state index in [1.165, 1.54) is 5.56 Å². The Hall–Kier alpha value is -1.51. The number of hydrogen-bond donors (Lipinski definition) is 1. The van der Waals surface area contributed by atoms with Crippen molar-refractivity contribution < 1.29 is 14.6 Å². The summed E-state index contributed by atoms with van der Waals surface area (Å²) in [6, 6.07) is 7.79. The van der Waals surface area contributed by atoms with Gasteiger partial charge in [0.1, 0.15) is 11.9 Å². The van der Waals surface area contributed by atoms with E-state index in [-0.39, 0.29) is 12.5 Å². The molecule has 0 aromatic heterocycles. The van der Waals surface area contributed by atoms with Crippen molar-refractivity contribution in [1.82, 2.24) is 0 Å². The Bertz CT molecular complexity index is 330. The quantitative estimate of drug-likeness (QED) is 0.805. The predicted molar refractivity (Wildman–Crippen MR) is 62.8 cm³/mol. The van der Waals surface area contributed by atoms with Crippen LogP contribution in [0.5, 0.6) is 5.75 Å². The van der Waals surface area contributed by atoms with Gasteiger partial charge in [0.05, 0.1) is 6.42 Å². The molecule has 0 spiro atoms. The first-order valence-corrected chi connectivity index (χ1v) is 5.63. The molecule has 1 unspecified atom stereocenters. The van der Waals surface area contributed by atoms with Crippen molar-refractivity contribution in [2.75, 3.05) is 0 Å². The lowest BCUT2D eigenvalue weighted by atomic mass is 10.1.